The van der Waals surface area contributed by atoms with Crippen LogP contribution in [-0.4, -0.2) is 19.3 Å². The van der Waals surface area contributed by atoms with Crippen LogP contribution in [0.15, 0.2) is 18.2 Å². The van der Waals surface area contributed by atoms with E-state index in [1.807, 2.05) is 13.8 Å². The molecule has 0 aliphatic carbocycles. The molecule has 4 heteroatoms. The summed E-state index contributed by atoms with van der Waals surface area (Å²) in [4.78, 5) is 0. The molecule has 0 fully saturated rings. The van der Waals surface area contributed by atoms with Crippen LogP contribution in [0, 0.1) is 11.2 Å². The Morgan fingerprint density at radius 1 is 1.30 bits per heavy atom. The first-order chi connectivity index (χ1) is 9.31. The third-order valence-corrected chi connectivity index (χ3v) is 3.56. The lowest BCUT2D eigenvalue weighted by Crippen LogP contribution is -2.42. The number of ether oxygens (including phenoxy) is 1. The van der Waals surface area contributed by atoms with Crippen molar-refractivity contribution < 1.29 is 9.13 Å². The molecule has 0 radical (unpaired) electrons. The van der Waals surface area contributed by atoms with Crippen molar-refractivity contribution in [3.63, 3.8) is 0 Å². The minimum absolute atomic E-state index is 0.0848. The molecule has 0 aliphatic heterocycles. The highest BCUT2D eigenvalue weighted by Gasteiger charge is 2.34. The van der Waals surface area contributed by atoms with Gasteiger partial charge in [-0.3, -0.25) is 0 Å². The molecule has 1 rings (SSSR count). The number of hydrogen-bond donors (Lipinski definition) is 1. The van der Waals surface area contributed by atoms with E-state index in [1.165, 1.54) is 12.1 Å². The van der Waals surface area contributed by atoms with E-state index in [-0.39, 0.29) is 23.4 Å². The van der Waals surface area contributed by atoms with E-state index >= 15 is 0 Å². The van der Waals surface area contributed by atoms with Gasteiger partial charge in [-0.25, -0.2) is 4.39 Å². The van der Waals surface area contributed by atoms with Gasteiger partial charge in [-0.2, -0.15) is 0 Å². The molecule has 2 nitrogen and oxygen atoms in total. The van der Waals surface area contributed by atoms with Gasteiger partial charge in [-0.15, -0.1) is 0 Å². The molecule has 0 aliphatic rings. The quantitative estimate of drug-likeness (QED) is 0.830. The van der Waals surface area contributed by atoms with Gasteiger partial charge in [0.25, 0.3) is 0 Å². The molecular formula is C16H25ClFNO. The van der Waals surface area contributed by atoms with Crippen LogP contribution < -0.4 is 5.32 Å². The van der Waals surface area contributed by atoms with Crippen molar-refractivity contribution in [3.05, 3.63) is 34.6 Å². The molecule has 1 aromatic rings. The van der Waals surface area contributed by atoms with E-state index < -0.39 is 0 Å². The summed E-state index contributed by atoms with van der Waals surface area (Å²) in [6.07, 6.45) is -0.0910. The zero-order valence-corrected chi connectivity index (χ0v) is 13.7. The van der Waals surface area contributed by atoms with Crippen molar-refractivity contribution in [2.45, 2.75) is 46.8 Å². The van der Waals surface area contributed by atoms with Gasteiger partial charge in [0.2, 0.25) is 0 Å². The van der Waals surface area contributed by atoms with Gasteiger partial charge >= 0.3 is 0 Å². The molecule has 0 saturated heterocycles. The number of halogens is 2. The van der Waals surface area contributed by atoms with E-state index in [2.05, 4.69) is 26.1 Å². The standard InChI is InChI=1S/C16H25ClFNO/c1-6-19-14(15(20-7-2)16(3,4)5)12-10-11(18)8-9-13(12)17/h8-10,14-15,19H,6-7H2,1-5H3. The molecule has 2 unspecified atom stereocenters. The minimum atomic E-state index is -0.281. The summed E-state index contributed by atoms with van der Waals surface area (Å²) in [6, 6.07) is 4.33. The smallest absolute Gasteiger partial charge is 0.123 e. The van der Waals surface area contributed by atoms with Crippen molar-refractivity contribution >= 4 is 11.6 Å². The Hall–Kier alpha value is -0.640. The molecule has 20 heavy (non-hydrogen) atoms. The van der Waals surface area contributed by atoms with Gasteiger partial charge in [0.1, 0.15) is 5.82 Å². The Bertz CT molecular complexity index is 431. The van der Waals surface area contributed by atoms with Gasteiger partial charge < -0.3 is 10.1 Å². The zero-order chi connectivity index (χ0) is 15.3. The average Bonchev–Trinajstić information content (AvgIpc) is 2.35. The second kappa shape index (κ2) is 7.39. The van der Waals surface area contributed by atoms with Gasteiger partial charge in [-0.1, -0.05) is 39.3 Å². The third kappa shape index (κ3) is 4.44. The fraction of sp³-hybridized carbons (Fsp3) is 0.625. The van der Waals surface area contributed by atoms with E-state index in [0.717, 1.165) is 12.1 Å². The number of likely N-dealkylation sites (N-methyl/N-ethyl adjacent to an activating group) is 1. The summed E-state index contributed by atoms with van der Waals surface area (Å²) in [6.45, 7) is 11.7. The van der Waals surface area contributed by atoms with Crippen molar-refractivity contribution in [1.29, 1.82) is 0 Å². The number of benzene rings is 1. The van der Waals surface area contributed by atoms with Gasteiger partial charge in [0.05, 0.1) is 12.1 Å². The maximum Gasteiger partial charge on any atom is 0.123 e. The topological polar surface area (TPSA) is 21.3 Å². The maximum absolute atomic E-state index is 13.6. The summed E-state index contributed by atoms with van der Waals surface area (Å²) in [5, 5.41) is 3.94. The van der Waals surface area contributed by atoms with Gasteiger partial charge in [0, 0.05) is 11.6 Å². The zero-order valence-electron chi connectivity index (χ0n) is 13.0. The van der Waals surface area contributed by atoms with E-state index in [9.17, 15) is 4.39 Å². The largest absolute Gasteiger partial charge is 0.376 e. The van der Waals surface area contributed by atoms with Crippen molar-refractivity contribution in [2.75, 3.05) is 13.2 Å². The molecule has 0 amide bonds. The molecule has 0 spiro atoms. The number of hydrogen-bond acceptors (Lipinski definition) is 2. The lowest BCUT2D eigenvalue weighted by atomic mass is 9.82. The second-order valence-corrected chi connectivity index (χ2v) is 6.35. The van der Waals surface area contributed by atoms with Crippen LogP contribution in [0.3, 0.4) is 0 Å². The van der Waals surface area contributed by atoms with E-state index in [0.29, 0.717) is 11.6 Å². The fourth-order valence-corrected chi connectivity index (χ4v) is 2.61. The summed E-state index contributed by atoms with van der Waals surface area (Å²) in [5.74, 6) is -0.281. The SMILES string of the molecule is CCNC(c1cc(F)ccc1Cl)C(OCC)C(C)(C)C. The molecule has 114 valence electrons. The van der Waals surface area contributed by atoms with Crippen LogP contribution in [0.25, 0.3) is 0 Å². The Morgan fingerprint density at radius 2 is 1.95 bits per heavy atom. The van der Waals surface area contributed by atoms with E-state index in [1.54, 1.807) is 6.07 Å². The Morgan fingerprint density at radius 3 is 2.45 bits per heavy atom. The highest BCUT2D eigenvalue weighted by Crippen LogP contribution is 2.36. The molecular weight excluding hydrogens is 277 g/mol. The summed E-state index contributed by atoms with van der Waals surface area (Å²) < 4.78 is 19.5. The van der Waals surface area contributed by atoms with Crippen molar-refractivity contribution in [3.8, 4) is 0 Å². The fourth-order valence-electron chi connectivity index (χ4n) is 2.38. The summed E-state index contributed by atoms with van der Waals surface area (Å²) in [7, 11) is 0. The first-order valence-corrected chi connectivity index (χ1v) is 7.49. The lowest BCUT2D eigenvalue weighted by Gasteiger charge is -2.37. The van der Waals surface area contributed by atoms with Crippen LogP contribution in [0.4, 0.5) is 4.39 Å². The van der Waals surface area contributed by atoms with Crippen molar-refractivity contribution in [1.82, 2.24) is 5.32 Å². The average molecular weight is 302 g/mol. The summed E-state index contributed by atoms with van der Waals surface area (Å²) >= 11 is 6.26. The van der Waals surface area contributed by atoms with Crippen molar-refractivity contribution in [2.24, 2.45) is 5.41 Å². The van der Waals surface area contributed by atoms with Gasteiger partial charge in [0.15, 0.2) is 0 Å². The molecule has 0 heterocycles. The normalized spacial score (nSPS) is 15.2. The molecule has 0 bridgehead atoms. The molecule has 0 saturated carbocycles. The number of nitrogens with one attached hydrogen (secondary N) is 1. The highest BCUT2D eigenvalue weighted by atomic mass is 35.5. The monoisotopic (exact) mass is 301 g/mol. The second-order valence-electron chi connectivity index (χ2n) is 5.94. The first kappa shape index (κ1) is 17.4. The molecule has 2 atom stereocenters. The predicted molar refractivity (Wildman–Crippen MR) is 82.7 cm³/mol. The summed E-state index contributed by atoms with van der Waals surface area (Å²) in [5.41, 5.74) is 0.667. The minimum Gasteiger partial charge on any atom is -0.376 e. The Kier molecular flexibility index (Phi) is 6.44. The Balaban J connectivity index is 3.23. The van der Waals surface area contributed by atoms with E-state index in [4.69, 9.17) is 16.3 Å². The molecule has 0 aromatic heterocycles. The maximum atomic E-state index is 13.6. The highest BCUT2D eigenvalue weighted by molar-refractivity contribution is 6.31. The first-order valence-electron chi connectivity index (χ1n) is 7.11. The van der Waals surface area contributed by atoms with Crippen LogP contribution >= 0.6 is 11.6 Å². The Labute approximate surface area is 126 Å². The van der Waals surface area contributed by atoms with Crippen LogP contribution in [0.2, 0.25) is 5.02 Å². The third-order valence-electron chi connectivity index (χ3n) is 3.22. The lowest BCUT2D eigenvalue weighted by molar-refractivity contribution is -0.0363. The molecule has 1 N–H and O–H groups in total. The molecule has 1 aromatic carbocycles. The number of rotatable bonds is 6. The predicted octanol–water partition coefficient (Wildman–Crippen LogP) is 4.58. The van der Waals surface area contributed by atoms with Crippen LogP contribution in [-0.2, 0) is 4.74 Å². The van der Waals surface area contributed by atoms with Gasteiger partial charge in [-0.05, 0) is 42.6 Å². The van der Waals surface area contributed by atoms with Crippen LogP contribution in [0.5, 0.6) is 0 Å². The van der Waals surface area contributed by atoms with Crippen LogP contribution in [0.1, 0.15) is 46.2 Å².